The highest BCUT2D eigenvalue weighted by atomic mass is 16.1. The Bertz CT molecular complexity index is 1080. The molecule has 2 aromatic heterocycles. The number of benzene rings is 1. The molecule has 7 nitrogen and oxygen atoms in total. The first-order chi connectivity index (χ1) is 15.7. The second-order valence-corrected chi connectivity index (χ2v) is 9.15. The fourth-order valence-corrected chi connectivity index (χ4v) is 4.94. The molecule has 1 saturated heterocycles. The number of hydrogen-bond acceptors (Lipinski definition) is 5. The summed E-state index contributed by atoms with van der Waals surface area (Å²) in [6.45, 7) is 5.42. The van der Waals surface area contributed by atoms with Crippen molar-refractivity contribution in [2.75, 3.05) is 24.5 Å². The molecular formula is C25H32N6O. The van der Waals surface area contributed by atoms with Gasteiger partial charge in [0, 0.05) is 38.5 Å². The van der Waals surface area contributed by atoms with Crippen molar-refractivity contribution in [1.82, 2.24) is 24.8 Å². The normalized spacial score (nSPS) is 17.2. The second-order valence-electron chi connectivity index (χ2n) is 9.15. The van der Waals surface area contributed by atoms with Crippen molar-refractivity contribution in [2.45, 2.75) is 58.4 Å². The molecule has 5 rings (SSSR count). The van der Waals surface area contributed by atoms with Crippen molar-refractivity contribution in [3.63, 3.8) is 0 Å². The van der Waals surface area contributed by atoms with E-state index >= 15 is 0 Å². The molecule has 0 atom stereocenters. The molecule has 32 heavy (non-hydrogen) atoms. The van der Waals surface area contributed by atoms with Crippen LogP contribution in [0.2, 0.25) is 0 Å². The van der Waals surface area contributed by atoms with E-state index in [9.17, 15) is 4.79 Å². The molecule has 0 saturated carbocycles. The van der Waals surface area contributed by atoms with Gasteiger partial charge in [0.15, 0.2) is 17.0 Å². The van der Waals surface area contributed by atoms with Crippen molar-refractivity contribution >= 4 is 22.9 Å². The standard InChI is InChI=1S/C25H32N6O/c1-18-6-8-19(9-7-18)10-13-26-25(32)20-11-15-30(16-12-20)23-22-24(28-17-27-23)31-14-4-2-3-5-21(31)29-22/h6-9,17,20H,2-5,10-16H2,1H3,(H,26,32). The van der Waals surface area contributed by atoms with E-state index in [2.05, 4.69) is 55.9 Å². The Labute approximate surface area is 189 Å². The van der Waals surface area contributed by atoms with Gasteiger partial charge in [-0.05, 0) is 44.6 Å². The number of amides is 1. The molecule has 0 spiro atoms. The minimum atomic E-state index is 0.0697. The van der Waals surface area contributed by atoms with E-state index < -0.39 is 0 Å². The molecule has 1 N–H and O–H groups in total. The molecule has 2 aliphatic rings. The highest BCUT2D eigenvalue weighted by molar-refractivity contribution is 5.84. The zero-order valence-corrected chi connectivity index (χ0v) is 18.9. The van der Waals surface area contributed by atoms with Gasteiger partial charge in [0.25, 0.3) is 0 Å². The lowest BCUT2D eigenvalue weighted by atomic mass is 9.95. The number of fused-ring (bicyclic) bond motifs is 3. The Morgan fingerprint density at radius 1 is 1.06 bits per heavy atom. The third-order valence-corrected chi connectivity index (χ3v) is 6.87. The van der Waals surface area contributed by atoms with Crippen LogP contribution in [0.5, 0.6) is 0 Å². The molecule has 1 fully saturated rings. The maximum Gasteiger partial charge on any atom is 0.223 e. The Morgan fingerprint density at radius 2 is 1.88 bits per heavy atom. The molecular weight excluding hydrogens is 400 g/mol. The van der Waals surface area contributed by atoms with Crippen LogP contribution >= 0.6 is 0 Å². The second kappa shape index (κ2) is 9.27. The van der Waals surface area contributed by atoms with E-state index in [0.717, 1.165) is 68.1 Å². The van der Waals surface area contributed by atoms with Gasteiger partial charge in [-0.25, -0.2) is 15.0 Å². The first-order valence-corrected chi connectivity index (χ1v) is 12.0. The van der Waals surface area contributed by atoms with Gasteiger partial charge in [0.2, 0.25) is 5.91 Å². The third-order valence-electron chi connectivity index (χ3n) is 6.87. The van der Waals surface area contributed by atoms with E-state index in [4.69, 9.17) is 4.98 Å². The van der Waals surface area contributed by atoms with Crippen LogP contribution in [0.25, 0.3) is 11.2 Å². The first-order valence-electron chi connectivity index (χ1n) is 12.0. The van der Waals surface area contributed by atoms with E-state index in [-0.39, 0.29) is 11.8 Å². The third kappa shape index (κ3) is 4.33. The summed E-state index contributed by atoms with van der Waals surface area (Å²) in [6, 6.07) is 8.51. The van der Waals surface area contributed by atoms with Crippen LogP contribution in [0, 0.1) is 12.8 Å². The van der Waals surface area contributed by atoms with Gasteiger partial charge in [-0.1, -0.05) is 36.2 Å². The van der Waals surface area contributed by atoms with Crippen molar-refractivity contribution in [3.8, 4) is 0 Å². The maximum atomic E-state index is 12.7. The lowest BCUT2D eigenvalue weighted by molar-refractivity contribution is -0.125. The molecule has 0 radical (unpaired) electrons. The number of rotatable bonds is 5. The number of nitrogens with zero attached hydrogens (tertiary/aromatic N) is 5. The van der Waals surface area contributed by atoms with Gasteiger partial charge in [0.1, 0.15) is 12.2 Å². The summed E-state index contributed by atoms with van der Waals surface area (Å²) in [7, 11) is 0. The predicted octanol–water partition coefficient (Wildman–Crippen LogP) is 3.44. The highest BCUT2D eigenvalue weighted by Gasteiger charge is 2.28. The minimum absolute atomic E-state index is 0.0697. The summed E-state index contributed by atoms with van der Waals surface area (Å²) in [5.74, 6) is 2.31. The molecule has 3 aromatic rings. The minimum Gasteiger partial charge on any atom is -0.356 e. The lowest BCUT2D eigenvalue weighted by Gasteiger charge is -2.32. The monoisotopic (exact) mass is 432 g/mol. The zero-order chi connectivity index (χ0) is 21.9. The molecule has 4 heterocycles. The quantitative estimate of drug-likeness (QED) is 0.668. The van der Waals surface area contributed by atoms with Gasteiger partial charge in [-0.2, -0.15) is 0 Å². The summed E-state index contributed by atoms with van der Waals surface area (Å²) in [6.07, 6.45) is 8.86. The van der Waals surface area contributed by atoms with E-state index in [1.807, 2.05) is 0 Å². The van der Waals surface area contributed by atoms with Crippen LogP contribution in [-0.2, 0) is 24.2 Å². The zero-order valence-electron chi connectivity index (χ0n) is 18.9. The summed E-state index contributed by atoms with van der Waals surface area (Å²) in [4.78, 5) is 29.1. The molecule has 0 unspecified atom stereocenters. The SMILES string of the molecule is Cc1ccc(CCNC(=O)C2CCN(c3ncnc4c3nc3n4CCCCC3)CC2)cc1. The first kappa shape index (κ1) is 20.9. The number of carbonyl (C=O) groups is 1. The van der Waals surface area contributed by atoms with E-state index in [0.29, 0.717) is 6.54 Å². The molecule has 2 aliphatic heterocycles. The average Bonchev–Trinajstić information content (AvgIpc) is 3.01. The van der Waals surface area contributed by atoms with Crippen LogP contribution in [0.4, 0.5) is 5.82 Å². The van der Waals surface area contributed by atoms with Gasteiger partial charge in [-0.3, -0.25) is 4.79 Å². The average molecular weight is 433 g/mol. The highest BCUT2D eigenvalue weighted by Crippen LogP contribution is 2.29. The lowest BCUT2D eigenvalue weighted by Crippen LogP contribution is -2.41. The van der Waals surface area contributed by atoms with Gasteiger partial charge >= 0.3 is 0 Å². The Hall–Kier alpha value is -2.96. The van der Waals surface area contributed by atoms with Crippen molar-refractivity contribution < 1.29 is 4.79 Å². The molecule has 168 valence electrons. The largest absolute Gasteiger partial charge is 0.356 e. The maximum absolute atomic E-state index is 12.7. The molecule has 1 aromatic carbocycles. The number of hydrogen-bond donors (Lipinski definition) is 1. The number of aryl methyl sites for hydroxylation is 3. The number of carbonyl (C=O) groups excluding carboxylic acids is 1. The van der Waals surface area contributed by atoms with Crippen molar-refractivity contribution in [2.24, 2.45) is 5.92 Å². The van der Waals surface area contributed by atoms with Crippen molar-refractivity contribution in [1.29, 1.82) is 0 Å². The predicted molar refractivity (Wildman–Crippen MR) is 126 cm³/mol. The summed E-state index contributed by atoms with van der Waals surface area (Å²) < 4.78 is 2.28. The fourth-order valence-electron chi connectivity index (χ4n) is 4.94. The number of aromatic nitrogens is 4. The van der Waals surface area contributed by atoms with Crippen molar-refractivity contribution in [3.05, 3.63) is 47.5 Å². The molecule has 1 amide bonds. The summed E-state index contributed by atoms with van der Waals surface area (Å²) in [5.41, 5.74) is 4.40. The van der Waals surface area contributed by atoms with Gasteiger partial charge in [-0.15, -0.1) is 0 Å². The number of piperidine rings is 1. The smallest absolute Gasteiger partial charge is 0.223 e. The van der Waals surface area contributed by atoms with Gasteiger partial charge < -0.3 is 14.8 Å². The van der Waals surface area contributed by atoms with Gasteiger partial charge in [0.05, 0.1) is 0 Å². The van der Waals surface area contributed by atoms with Crippen LogP contribution in [0.1, 0.15) is 49.1 Å². The Morgan fingerprint density at radius 3 is 2.69 bits per heavy atom. The summed E-state index contributed by atoms with van der Waals surface area (Å²) in [5, 5.41) is 3.14. The molecule has 0 aliphatic carbocycles. The number of anilines is 1. The van der Waals surface area contributed by atoms with Crippen LogP contribution < -0.4 is 10.2 Å². The van der Waals surface area contributed by atoms with Crippen LogP contribution in [0.15, 0.2) is 30.6 Å². The van der Waals surface area contributed by atoms with E-state index in [1.54, 1.807) is 6.33 Å². The fraction of sp³-hybridized carbons (Fsp3) is 0.520. The summed E-state index contributed by atoms with van der Waals surface area (Å²) >= 11 is 0. The van der Waals surface area contributed by atoms with E-state index in [1.165, 1.54) is 30.4 Å². The number of imidazole rings is 1. The Kier molecular flexibility index (Phi) is 6.06. The number of nitrogens with one attached hydrogen (secondary N) is 1. The topological polar surface area (TPSA) is 75.9 Å². The van der Waals surface area contributed by atoms with Crippen LogP contribution in [0.3, 0.4) is 0 Å². The molecule has 0 bridgehead atoms. The molecule has 7 heteroatoms. The van der Waals surface area contributed by atoms with Crippen LogP contribution in [-0.4, -0.2) is 45.1 Å². The Balaban J connectivity index is 1.19.